The van der Waals surface area contributed by atoms with Crippen LogP contribution in [0.1, 0.15) is 296 Å². The Hall–Kier alpha value is -10.3. The summed E-state index contributed by atoms with van der Waals surface area (Å²) in [5.41, 5.74) is 26.2. The number of aromatic amines is 7. The zero-order valence-corrected chi connectivity index (χ0v) is 77.2. The molecule has 1 atom stereocenters. The van der Waals surface area contributed by atoms with Crippen LogP contribution in [0.2, 0.25) is 0 Å². The van der Waals surface area contributed by atoms with E-state index in [4.69, 9.17) is 19.5 Å². The third-order valence-corrected chi connectivity index (χ3v) is 21.9. The van der Waals surface area contributed by atoms with Crippen molar-refractivity contribution in [1.29, 1.82) is 5.26 Å². The number of benzene rings is 7. The summed E-state index contributed by atoms with van der Waals surface area (Å²) in [5.74, 6) is 0.195. The molecule has 0 aliphatic rings. The zero-order chi connectivity index (χ0) is 87.4. The zero-order valence-electron chi connectivity index (χ0n) is 77.2. The van der Waals surface area contributed by atoms with Crippen molar-refractivity contribution in [3.8, 4) is 6.07 Å². The number of nitrogens with zero attached hydrogens (tertiary/aromatic N) is 1. The van der Waals surface area contributed by atoms with Gasteiger partial charge in [-0.05, 0) is 224 Å². The Morgan fingerprint density at radius 1 is 0.390 bits per heavy atom. The lowest BCUT2D eigenvalue weighted by Gasteiger charge is -2.20. The van der Waals surface area contributed by atoms with Crippen LogP contribution in [0.4, 0.5) is 0 Å². The van der Waals surface area contributed by atoms with E-state index in [1.54, 1.807) is 0 Å². The Bertz CT molecular complexity index is 5690. The van der Waals surface area contributed by atoms with E-state index in [2.05, 4.69) is 368 Å². The summed E-state index contributed by atoms with van der Waals surface area (Å²) in [5, 5.41) is 17.2. The SMILES string of the molecule is CC(C)(C)c1ccc2cc(C#N)[nH]c2c1.CC(C)(C)c1ccc2cc(C(C)(C)C)[nH]c2c1.CCC(C)c1c[nH]c2cc(C(C)(C)C)ccc12.CCOC(=O)Cc1c[nH]c2cc(C(C)(C)C)ccc12.CCOC(=O)c1cc(C(C)(C)C)cc2[nH]ccc12.CCOCCc1c[nH]c2cc(C(C)(C)C)ccc12.Cc1cc2ccc(C(C)(C)C)cc2[nH]1. The number of aryl methyl sites for hydroxylation is 1. The number of fused-ring (bicyclic) bond motifs is 7. The summed E-state index contributed by atoms with van der Waals surface area (Å²) < 4.78 is 15.5. The molecule has 7 aromatic heterocycles. The highest BCUT2D eigenvalue weighted by Crippen LogP contribution is 2.36. The number of esters is 2. The number of carbonyl (C=O) groups is 2. The van der Waals surface area contributed by atoms with E-state index < -0.39 is 0 Å². The quantitative estimate of drug-likeness (QED) is 0.0497. The first-order valence-electron chi connectivity index (χ1n) is 42.6. The number of nitrogens with one attached hydrogen (secondary N) is 7. The highest BCUT2D eigenvalue weighted by atomic mass is 16.5. The summed E-state index contributed by atoms with van der Waals surface area (Å²) in [6.07, 6.45) is 10.5. The van der Waals surface area contributed by atoms with Gasteiger partial charge in [-0.25, -0.2) is 4.79 Å². The van der Waals surface area contributed by atoms with E-state index in [0.29, 0.717) is 36.8 Å². The van der Waals surface area contributed by atoms with Crippen LogP contribution in [0.25, 0.3) is 76.3 Å². The molecule has 0 fully saturated rings. The average molecular weight is 1590 g/mol. The van der Waals surface area contributed by atoms with Crippen molar-refractivity contribution in [2.45, 2.75) is 276 Å². The summed E-state index contributed by atoms with van der Waals surface area (Å²) in [6, 6.07) is 54.0. The van der Waals surface area contributed by atoms with Gasteiger partial charge in [-0.1, -0.05) is 253 Å². The fourth-order valence-corrected chi connectivity index (χ4v) is 14.0. The maximum absolute atomic E-state index is 12.0. The lowest BCUT2D eigenvalue weighted by molar-refractivity contribution is -0.142. The van der Waals surface area contributed by atoms with Crippen LogP contribution in [-0.4, -0.2) is 73.3 Å². The molecule has 13 heteroatoms. The summed E-state index contributed by atoms with van der Waals surface area (Å²) in [4.78, 5) is 46.7. The largest absolute Gasteiger partial charge is 0.466 e. The van der Waals surface area contributed by atoms with E-state index in [1.165, 1.54) is 106 Å². The molecule has 7 heterocycles. The Balaban J connectivity index is 0.000000172. The van der Waals surface area contributed by atoms with Crippen molar-refractivity contribution in [2.24, 2.45) is 0 Å². The van der Waals surface area contributed by atoms with E-state index in [1.807, 2.05) is 51.4 Å². The van der Waals surface area contributed by atoms with Crippen molar-refractivity contribution in [2.75, 3.05) is 26.4 Å². The number of aromatic nitrogens is 7. The van der Waals surface area contributed by atoms with Gasteiger partial charge in [-0.3, -0.25) is 4.79 Å². The minimum absolute atomic E-state index is 0.000540. The van der Waals surface area contributed by atoms with Crippen molar-refractivity contribution in [3.05, 3.63) is 249 Å². The molecule has 0 aliphatic heterocycles. The van der Waals surface area contributed by atoms with Crippen LogP contribution < -0.4 is 0 Å². The Morgan fingerprint density at radius 3 is 1.25 bits per heavy atom. The van der Waals surface area contributed by atoms with Gasteiger partial charge in [0.1, 0.15) is 11.8 Å². The molecular weight excluding hydrogens is 1450 g/mol. The van der Waals surface area contributed by atoms with Gasteiger partial charge in [-0.2, -0.15) is 5.26 Å². The minimum Gasteiger partial charge on any atom is -0.466 e. The fourth-order valence-electron chi connectivity index (χ4n) is 14.0. The molecular formula is C105H140N8O5. The van der Waals surface area contributed by atoms with E-state index in [9.17, 15) is 9.59 Å². The second-order valence-corrected chi connectivity index (χ2v) is 39.9. The van der Waals surface area contributed by atoms with Gasteiger partial charge in [0, 0.05) is 114 Å². The van der Waals surface area contributed by atoms with Crippen LogP contribution in [0.15, 0.2) is 170 Å². The molecule has 7 aromatic carbocycles. The second kappa shape index (κ2) is 38.2. The minimum atomic E-state index is -0.256. The molecule has 0 saturated carbocycles. The standard InChI is InChI=1S/C16H21NO2.C16H23NO.2C16H23N.C15H19NO2.C13H14N2.C13H17N/c1-5-19-15(18)8-11-10-17-14-9-12(16(2,3)4)6-7-13(11)14;1-5-18-9-8-12-11-17-15-10-13(16(2,3)4)6-7-14(12)15;1-15(2,3)12-8-7-11-9-14(16(4,5)6)17-13(11)10-12;1-6-11(2)14-10-17-15-9-12(16(3,4)5)7-8-13(14)15;1-5-18-14(17)12-8-10(15(2,3)4)9-13-11(12)6-7-16-13;1-13(2,3)10-5-4-9-6-11(8-14)15-12(9)7-10;1-9-7-10-5-6-11(13(2,3)4)8-12(10)14-9/h6-7,9-10,17H,5,8H2,1-4H3;6-7,10-11,17H,5,8-9H2,1-4H3;7-10,17H,1-6H3;7-11,17H,6H2,1-5H3;6-9,16H,5H2,1-4H3;4-7,15H,1-3H3;5-8,14H,1-4H3. The molecule has 0 spiro atoms. The lowest BCUT2D eigenvalue weighted by atomic mass is 9.85. The van der Waals surface area contributed by atoms with Crippen molar-refractivity contribution in [1.82, 2.24) is 34.9 Å². The molecule has 0 radical (unpaired) electrons. The molecule has 630 valence electrons. The molecule has 14 aromatic rings. The van der Waals surface area contributed by atoms with Crippen LogP contribution in [0, 0.1) is 18.3 Å². The van der Waals surface area contributed by atoms with Gasteiger partial charge >= 0.3 is 11.9 Å². The number of nitriles is 1. The van der Waals surface area contributed by atoms with Crippen molar-refractivity contribution >= 4 is 88.3 Å². The number of rotatable bonds is 11. The Kier molecular flexibility index (Phi) is 30.2. The smallest absolute Gasteiger partial charge is 0.338 e. The maximum atomic E-state index is 12.0. The molecule has 0 amide bonds. The number of H-pyrrole nitrogens is 7. The monoisotopic (exact) mass is 1590 g/mol. The van der Waals surface area contributed by atoms with Gasteiger partial charge in [0.25, 0.3) is 0 Å². The number of carbonyl (C=O) groups excluding carboxylic acids is 2. The highest BCUT2D eigenvalue weighted by Gasteiger charge is 2.25. The van der Waals surface area contributed by atoms with Gasteiger partial charge in [-0.15, -0.1) is 0 Å². The first-order chi connectivity index (χ1) is 54.9. The summed E-state index contributed by atoms with van der Waals surface area (Å²) in [7, 11) is 0. The summed E-state index contributed by atoms with van der Waals surface area (Å²) >= 11 is 0. The summed E-state index contributed by atoms with van der Waals surface area (Å²) in [6.45, 7) is 67.9. The number of hydrogen-bond acceptors (Lipinski definition) is 6. The molecule has 1 unspecified atom stereocenters. The van der Waals surface area contributed by atoms with Gasteiger partial charge in [0.05, 0.1) is 31.8 Å². The van der Waals surface area contributed by atoms with E-state index in [0.717, 1.165) is 63.5 Å². The van der Waals surface area contributed by atoms with Crippen LogP contribution in [0.5, 0.6) is 0 Å². The van der Waals surface area contributed by atoms with Crippen molar-refractivity contribution in [3.63, 3.8) is 0 Å². The third-order valence-electron chi connectivity index (χ3n) is 21.9. The first kappa shape index (κ1) is 93.2. The van der Waals surface area contributed by atoms with Crippen LogP contribution in [0.3, 0.4) is 0 Å². The topological polar surface area (TPSA) is 196 Å². The van der Waals surface area contributed by atoms with E-state index >= 15 is 0 Å². The molecule has 118 heavy (non-hydrogen) atoms. The van der Waals surface area contributed by atoms with Gasteiger partial charge < -0.3 is 49.1 Å². The molecule has 7 N–H and O–H groups in total. The molecule has 0 saturated heterocycles. The third kappa shape index (κ3) is 24.9. The lowest BCUT2D eigenvalue weighted by Crippen LogP contribution is -2.13. The van der Waals surface area contributed by atoms with E-state index in [-0.39, 0.29) is 55.3 Å². The Labute approximate surface area is 705 Å². The molecule has 14 rings (SSSR count). The molecule has 13 nitrogen and oxygen atoms in total. The number of hydrogen-bond donors (Lipinski definition) is 7. The van der Waals surface area contributed by atoms with Crippen molar-refractivity contribution < 1.29 is 23.8 Å². The van der Waals surface area contributed by atoms with Crippen LogP contribution >= 0.6 is 0 Å². The van der Waals surface area contributed by atoms with Gasteiger partial charge in [0.15, 0.2) is 0 Å². The average Bonchev–Trinajstić information content (AvgIpc) is 1.60. The van der Waals surface area contributed by atoms with Gasteiger partial charge in [0.2, 0.25) is 0 Å². The fraction of sp³-hybridized carbons (Fsp3) is 0.438. The molecule has 0 aliphatic carbocycles. The maximum Gasteiger partial charge on any atom is 0.338 e. The van der Waals surface area contributed by atoms with Crippen LogP contribution in [-0.2, 0) is 75.2 Å². The second-order valence-electron chi connectivity index (χ2n) is 39.9. The molecule has 0 bridgehead atoms. The normalized spacial score (nSPS) is 12.4. The Morgan fingerprint density at radius 2 is 0.788 bits per heavy atom. The predicted octanol–water partition coefficient (Wildman–Crippen LogP) is 28.1. The predicted molar refractivity (Wildman–Crippen MR) is 502 cm³/mol. The number of ether oxygens (including phenoxy) is 3. The first-order valence-corrected chi connectivity index (χ1v) is 42.6. The highest BCUT2D eigenvalue weighted by molar-refractivity contribution is 6.04.